The van der Waals surface area contributed by atoms with Crippen molar-refractivity contribution in [2.75, 3.05) is 26.9 Å². The maximum absolute atomic E-state index is 12.9. The summed E-state index contributed by atoms with van der Waals surface area (Å²) in [5.74, 6) is -2.30. The maximum atomic E-state index is 12.9. The second-order valence-electron chi connectivity index (χ2n) is 11.4. The Labute approximate surface area is 275 Å². The van der Waals surface area contributed by atoms with Gasteiger partial charge in [0, 0.05) is 17.9 Å². The lowest BCUT2D eigenvalue weighted by molar-refractivity contribution is -0.344. The molecule has 3 aliphatic rings. The number of esters is 2. The molecule has 0 saturated carbocycles. The fraction of sp³-hybridized carbons (Fsp3) is 0.613. The number of aliphatic hydroxyl groups is 7. The molecule has 2 unspecified atom stereocenters. The van der Waals surface area contributed by atoms with E-state index < -0.39 is 98.8 Å². The van der Waals surface area contributed by atoms with Crippen LogP contribution in [0.3, 0.4) is 0 Å². The van der Waals surface area contributed by atoms with Crippen LogP contribution in [-0.2, 0) is 49.2 Å². The summed E-state index contributed by atoms with van der Waals surface area (Å²) >= 11 is 0. The van der Waals surface area contributed by atoms with Gasteiger partial charge in [0.25, 0.3) is 0 Å². The summed E-state index contributed by atoms with van der Waals surface area (Å²) in [4.78, 5) is 25.5. The van der Waals surface area contributed by atoms with Gasteiger partial charge in [-0.25, -0.2) is 4.79 Å². The Morgan fingerprint density at radius 3 is 2.12 bits per heavy atom. The summed E-state index contributed by atoms with van der Waals surface area (Å²) in [6.07, 6.45) is -15.1. The quantitative estimate of drug-likeness (QED) is 0.0834. The van der Waals surface area contributed by atoms with Crippen molar-refractivity contribution in [2.45, 2.75) is 87.5 Å². The van der Waals surface area contributed by atoms with Crippen molar-refractivity contribution in [3.05, 3.63) is 53.3 Å². The zero-order chi connectivity index (χ0) is 35.1. The molecule has 0 aromatic heterocycles. The van der Waals surface area contributed by atoms with E-state index in [-0.39, 0.29) is 29.9 Å². The second kappa shape index (κ2) is 17.0. The van der Waals surface area contributed by atoms with Crippen LogP contribution < -0.4 is 0 Å². The van der Waals surface area contributed by atoms with Crippen LogP contribution in [0, 0.1) is 5.92 Å². The summed E-state index contributed by atoms with van der Waals surface area (Å²) in [5, 5.41) is 80.9. The first-order valence-corrected chi connectivity index (χ1v) is 15.2. The maximum Gasteiger partial charge on any atom is 0.337 e. The highest BCUT2D eigenvalue weighted by Crippen LogP contribution is 2.36. The third-order valence-corrected chi connectivity index (χ3v) is 8.28. The molecule has 0 spiro atoms. The number of methoxy groups -OCH3 is 1. The van der Waals surface area contributed by atoms with Gasteiger partial charge in [-0.3, -0.25) is 4.79 Å². The average Bonchev–Trinajstić information content (AvgIpc) is 3.08. The Morgan fingerprint density at radius 2 is 1.50 bits per heavy atom. The predicted molar refractivity (Wildman–Crippen MR) is 157 cm³/mol. The zero-order valence-electron chi connectivity index (χ0n) is 26.2. The molecule has 0 aliphatic carbocycles. The molecule has 4 rings (SSSR count). The summed E-state index contributed by atoms with van der Waals surface area (Å²) in [6.45, 7) is 0.324. The minimum absolute atomic E-state index is 0.0180. The third kappa shape index (κ3) is 8.68. The van der Waals surface area contributed by atoms with Gasteiger partial charge in [0.15, 0.2) is 12.6 Å². The molecule has 17 heteroatoms. The van der Waals surface area contributed by atoms with Crippen LogP contribution in [0.5, 0.6) is 5.75 Å². The van der Waals surface area contributed by atoms with Crippen molar-refractivity contribution in [3.8, 4) is 5.75 Å². The molecule has 0 amide bonds. The summed E-state index contributed by atoms with van der Waals surface area (Å²) in [7, 11) is 1.15. The zero-order valence-corrected chi connectivity index (χ0v) is 26.2. The highest BCUT2D eigenvalue weighted by Gasteiger charge is 2.49. The standard InChI is InChI=1S/C31H42O17/c1-3-16-17(10-21(34)43-9-8-14-4-6-15(33)7-5-14)18(28(41)42-2)12-44-29(16)48-31-27(40)25(38)23(36)20(47-31)13-45-30-26(39)24(37)22(35)19(11-32)46-30/h3-7,12,17,19-20,22-27,29-33,35-40H,8-11,13H2,1-2H3/b16-3-/t17?,19-,20-,22-,23-,24+,25+,26-,27-,29?,30-,31+/m1/s1. The molecule has 268 valence electrons. The van der Waals surface area contributed by atoms with Crippen molar-refractivity contribution in [1.82, 2.24) is 0 Å². The van der Waals surface area contributed by atoms with Crippen molar-refractivity contribution < 1.29 is 83.6 Å². The number of phenolic OH excluding ortho intramolecular Hbond substituents is 1. The fourth-order valence-corrected chi connectivity index (χ4v) is 5.48. The molecule has 17 nitrogen and oxygen atoms in total. The minimum Gasteiger partial charge on any atom is -0.508 e. The van der Waals surface area contributed by atoms with E-state index in [1.54, 1.807) is 19.1 Å². The second-order valence-corrected chi connectivity index (χ2v) is 11.4. The molecule has 2 saturated heterocycles. The number of ether oxygens (including phenoxy) is 7. The van der Waals surface area contributed by atoms with Crippen molar-refractivity contribution >= 4 is 11.9 Å². The molecule has 3 aliphatic heterocycles. The molecular weight excluding hydrogens is 644 g/mol. The minimum atomic E-state index is -1.83. The molecular formula is C31H42O17. The first kappa shape index (κ1) is 37.6. The number of phenols is 1. The molecule has 0 radical (unpaired) electrons. The largest absolute Gasteiger partial charge is 0.508 e. The lowest BCUT2D eigenvalue weighted by Crippen LogP contribution is -2.62. The van der Waals surface area contributed by atoms with Crippen LogP contribution in [0.4, 0.5) is 0 Å². The van der Waals surface area contributed by atoms with E-state index in [0.717, 1.165) is 18.9 Å². The van der Waals surface area contributed by atoms with E-state index in [4.69, 9.17) is 33.2 Å². The van der Waals surface area contributed by atoms with E-state index >= 15 is 0 Å². The van der Waals surface area contributed by atoms with E-state index in [2.05, 4.69) is 0 Å². The fourth-order valence-electron chi connectivity index (χ4n) is 5.48. The van der Waals surface area contributed by atoms with Gasteiger partial charge in [-0.05, 0) is 24.6 Å². The van der Waals surface area contributed by atoms with Gasteiger partial charge in [0.05, 0.1) is 45.2 Å². The van der Waals surface area contributed by atoms with Crippen LogP contribution in [0.25, 0.3) is 0 Å². The Balaban J connectivity index is 1.42. The molecule has 0 bridgehead atoms. The molecule has 1 aromatic carbocycles. The monoisotopic (exact) mass is 686 g/mol. The van der Waals surface area contributed by atoms with E-state index in [0.29, 0.717) is 6.42 Å². The summed E-state index contributed by atoms with van der Waals surface area (Å²) in [5.41, 5.74) is 1.05. The Bertz CT molecular complexity index is 1280. The summed E-state index contributed by atoms with van der Waals surface area (Å²) < 4.78 is 38.1. The van der Waals surface area contributed by atoms with Crippen molar-refractivity contribution in [2.24, 2.45) is 5.92 Å². The average molecular weight is 687 g/mol. The van der Waals surface area contributed by atoms with Gasteiger partial charge in [-0.2, -0.15) is 0 Å². The number of benzene rings is 1. The Kier molecular flexibility index (Phi) is 13.3. The van der Waals surface area contributed by atoms with Crippen LogP contribution >= 0.6 is 0 Å². The third-order valence-electron chi connectivity index (χ3n) is 8.28. The molecule has 3 heterocycles. The van der Waals surface area contributed by atoms with Crippen LogP contribution in [0.1, 0.15) is 18.9 Å². The van der Waals surface area contributed by atoms with Gasteiger partial charge in [-0.1, -0.05) is 18.2 Å². The number of aromatic hydroxyl groups is 1. The van der Waals surface area contributed by atoms with Gasteiger partial charge in [-0.15, -0.1) is 0 Å². The van der Waals surface area contributed by atoms with Crippen LogP contribution in [0.15, 0.2) is 47.7 Å². The number of hydrogen-bond acceptors (Lipinski definition) is 17. The molecule has 48 heavy (non-hydrogen) atoms. The van der Waals surface area contributed by atoms with Crippen LogP contribution in [0.2, 0.25) is 0 Å². The Hall–Kier alpha value is -3.20. The van der Waals surface area contributed by atoms with E-state index in [1.165, 1.54) is 18.2 Å². The lowest BCUT2D eigenvalue weighted by Gasteiger charge is -2.43. The summed E-state index contributed by atoms with van der Waals surface area (Å²) in [6, 6.07) is 6.38. The number of rotatable bonds is 12. The molecule has 2 fully saturated rings. The van der Waals surface area contributed by atoms with E-state index in [9.17, 15) is 50.4 Å². The van der Waals surface area contributed by atoms with Crippen molar-refractivity contribution in [3.63, 3.8) is 0 Å². The first-order valence-electron chi connectivity index (χ1n) is 15.2. The van der Waals surface area contributed by atoms with Crippen LogP contribution in [-0.4, -0.2) is 147 Å². The lowest BCUT2D eigenvalue weighted by atomic mass is 9.86. The SMILES string of the molecule is C/C=C1\C(O[C@@H]2O[C@H](CO[C@@H]3O[C@H](CO)[C@@H](O)[C@H](O)[C@H]3O)[C@@H](O)[C@H](O)[C@H]2O)OC=C(C(=O)OC)C1CC(=O)OCCc1ccc(O)cc1. The number of hydrogen-bond donors (Lipinski definition) is 8. The first-order chi connectivity index (χ1) is 22.9. The van der Waals surface area contributed by atoms with Gasteiger partial charge >= 0.3 is 11.9 Å². The predicted octanol–water partition coefficient (Wildman–Crippen LogP) is -2.52. The van der Waals surface area contributed by atoms with Crippen molar-refractivity contribution in [1.29, 1.82) is 0 Å². The number of carbonyl (C=O) groups excluding carboxylic acids is 2. The number of carbonyl (C=O) groups is 2. The smallest absolute Gasteiger partial charge is 0.337 e. The number of aliphatic hydroxyl groups excluding tert-OH is 7. The normalized spacial score (nSPS) is 36.2. The molecule has 1 aromatic rings. The van der Waals surface area contributed by atoms with Gasteiger partial charge in [0.1, 0.15) is 54.6 Å². The van der Waals surface area contributed by atoms with E-state index in [1.807, 2.05) is 0 Å². The van der Waals surface area contributed by atoms with Gasteiger partial charge in [0.2, 0.25) is 6.29 Å². The Morgan fingerprint density at radius 1 is 0.875 bits per heavy atom. The number of allylic oxidation sites excluding steroid dienone is 1. The molecule has 12 atom stereocenters. The van der Waals surface area contributed by atoms with Gasteiger partial charge < -0.3 is 74.0 Å². The topological polar surface area (TPSA) is 261 Å². The highest BCUT2D eigenvalue weighted by molar-refractivity contribution is 5.90. The molecule has 8 N–H and O–H groups in total. The highest BCUT2D eigenvalue weighted by atomic mass is 16.8.